The predicted octanol–water partition coefficient (Wildman–Crippen LogP) is 0.958. The maximum atomic E-state index is 12.6. The molecule has 1 amide bonds. The molecular weight excluding hydrogens is 300 g/mol. The molecule has 7 heteroatoms. The van der Waals surface area contributed by atoms with E-state index in [0.29, 0.717) is 22.1 Å². The molecule has 2 aromatic rings. The van der Waals surface area contributed by atoms with Crippen molar-refractivity contribution in [3.8, 4) is 0 Å². The van der Waals surface area contributed by atoms with Gasteiger partial charge in [-0.05, 0) is 11.5 Å². The molecule has 1 aliphatic heterocycles. The number of ether oxygens (including phenoxy) is 2. The molecule has 2 aromatic carbocycles. The minimum atomic E-state index is -2.20. The van der Waals surface area contributed by atoms with Crippen LogP contribution in [0, 0.1) is 0 Å². The number of fused-ring (bicyclic) bond motifs is 3. The minimum Gasteiger partial charge on any atom is -0.468 e. The van der Waals surface area contributed by atoms with E-state index in [-0.39, 0.29) is 5.56 Å². The summed E-state index contributed by atoms with van der Waals surface area (Å²) in [6.45, 7) is 0. The highest BCUT2D eigenvalue weighted by Crippen LogP contribution is 2.45. The first-order valence-electron chi connectivity index (χ1n) is 6.78. The summed E-state index contributed by atoms with van der Waals surface area (Å²) in [6.07, 6.45) is 0. The van der Waals surface area contributed by atoms with Gasteiger partial charge in [0.05, 0.1) is 14.2 Å². The van der Waals surface area contributed by atoms with Crippen LogP contribution in [0.1, 0.15) is 5.56 Å². The third-order valence-corrected chi connectivity index (χ3v) is 4.02. The van der Waals surface area contributed by atoms with E-state index in [9.17, 15) is 14.4 Å². The number of benzene rings is 2. The Morgan fingerprint density at radius 1 is 1.09 bits per heavy atom. The number of esters is 2. The van der Waals surface area contributed by atoms with E-state index in [1.54, 1.807) is 24.3 Å². The summed E-state index contributed by atoms with van der Waals surface area (Å²) in [5, 5.41) is 3.67. The molecule has 118 valence electrons. The lowest BCUT2D eigenvalue weighted by molar-refractivity contribution is -0.163. The number of anilines is 2. The van der Waals surface area contributed by atoms with Gasteiger partial charge in [-0.25, -0.2) is 9.59 Å². The fourth-order valence-corrected chi connectivity index (χ4v) is 3.01. The Hall–Kier alpha value is -3.09. The summed E-state index contributed by atoms with van der Waals surface area (Å²) in [5.41, 5.74) is 4.71. The van der Waals surface area contributed by atoms with Crippen LogP contribution in [0.5, 0.6) is 0 Å². The molecule has 3 rings (SSSR count). The van der Waals surface area contributed by atoms with Crippen LogP contribution < -0.4 is 11.1 Å². The van der Waals surface area contributed by atoms with E-state index in [1.807, 2.05) is 0 Å². The lowest BCUT2D eigenvalue weighted by Gasteiger charge is -2.22. The lowest BCUT2D eigenvalue weighted by atomic mass is 9.79. The fraction of sp³-hybridized carbons (Fsp3) is 0.188. The molecule has 0 atom stereocenters. The van der Waals surface area contributed by atoms with Crippen LogP contribution in [0.3, 0.4) is 0 Å². The Morgan fingerprint density at radius 3 is 2.22 bits per heavy atom. The number of rotatable bonds is 2. The summed E-state index contributed by atoms with van der Waals surface area (Å²) >= 11 is 0. The second-order valence-corrected chi connectivity index (χ2v) is 5.12. The molecule has 1 aliphatic rings. The SMILES string of the molecule is COC(=O)C1(C(=O)OC)C(=O)Nc2cc(N)c3ccccc3c21. The van der Waals surface area contributed by atoms with Gasteiger partial charge in [0.1, 0.15) is 0 Å². The Morgan fingerprint density at radius 2 is 1.65 bits per heavy atom. The van der Waals surface area contributed by atoms with E-state index in [0.717, 1.165) is 14.2 Å². The first-order valence-corrected chi connectivity index (χ1v) is 6.78. The smallest absolute Gasteiger partial charge is 0.337 e. The highest BCUT2D eigenvalue weighted by Gasteiger charge is 2.62. The zero-order valence-electron chi connectivity index (χ0n) is 12.5. The van der Waals surface area contributed by atoms with Gasteiger partial charge in [0.25, 0.3) is 11.3 Å². The zero-order chi connectivity index (χ0) is 16.8. The first-order chi connectivity index (χ1) is 11.0. The Labute approximate surface area is 131 Å². The summed E-state index contributed by atoms with van der Waals surface area (Å²) < 4.78 is 9.47. The fourth-order valence-electron chi connectivity index (χ4n) is 3.01. The van der Waals surface area contributed by atoms with E-state index in [4.69, 9.17) is 15.2 Å². The number of nitrogens with one attached hydrogen (secondary N) is 1. The molecule has 0 fully saturated rings. The number of hydrogen-bond donors (Lipinski definition) is 2. The van der Waals surface area contributed by atoms with Crippen LogP contribution in [0.4, 0.5) is 11.4 Å². The van der Waals surface area contributed by atoms with Crippen molar-refractivity contribution in [1.82, 2.24) is 0 Å². The van der Waals surface area contributed by atoms with Crippen molar-refractivity contribution in [3.63, 3.8) is 0 Å². The highest BCUT2D eigenvalue weighted by atomic mass is 16.5. The van der Waals surface area contributed by atoms with E-state index in [2.05, 4.69) is 5.32 Å². The molecule has 3 N–H and O–H groups in total. The van der Waals surface area contributed by atoms with Crippen LogP contribution >= 0.6 is 0 Å². The van der Waals surface area contributed by atoms with Crippen LogP contribution in [-0.4, -0.2) is 32.1 Å². The van der Waals surface area contributed by atoms with E-state index < -0.39 is 23.3 Å². The summed E-state index contributed by atoms with van der Waals surface area (Å²) in [4.78, 5) is 37.4. The number of carbonyl (C=O) groups is 3. The lowest BCUT2D eigenvalue weighted by Crippen LogP contribution is -2.50. The van der Waals surface area contributed by atoms with E-state index >= 15 is 0 Å². The summed E-state index contributed by atoms with van der Waals surface area (Å²) in [7, 11) is 2.22. The quantitative estimate of drug-likeness (QED) is 0.485. The molecule has 0 bridgehead atoms. The summed E-state index contributed by atoms with van der Waals surface area (Å²) in [5.74, 6) is -2.83. The topological polar surface area (TPSA) is 108 Å². The van der Waals surface area contributed by atoms with Crippen LogP contribution in [0.2, 0.25) is 0 Å². The molecule has 0 aliphatic carbocycles. The molecule has 0 aromatic heterocycles. The number of methoxy groups -OCH3 is 2. The molecule has 0 saturated carbocycles. The molecule has 0 spiro atoms. The Bertz CT molecular complexity index is 843. The highest BCUT2D eigenvalue weighted by molar-refractivity contribution is 6.34. The predicted molar refractivity (Wildman–Crippen MR) is 82.7 cm³/mol. The first kappa shape index (κ1) is 14.8. The van der Waals surface area contributed by atoms with Crippen molar-refractivity contribution in [2.24, 2.45) is 0 Å². The number of nitrogens with two attached hydrogens (primary N) is 1. The third kappa shape index (κ3) is 1.73. The van der Waals surface area contributed by atoms with Gasteiger partial charge in [0.15, 0.2) is 0 Å². The molecule has 7 nitrogen and oxygen atoms in total. The van der Waals surface area contributed by atoms with Gasteiger partial charge in [-0.3, -0.25) is 4.79 Å². The molecular formula is C16H14N2O5. The van der Waals surface area contributed by atoms with Crippen molar-refractivity contribution >= 4 is 40.0 Å². The maximum Gasteiger partial charge on any atom is 0.337 e. The monoisotopic (exact) mass is 314 g/mol. The van der Waals surface area contributed by atoms with Gasteiger partial charge in [-0.1, -0.05) is 24.3 Å². The average Bonchev–Trinajstić information content (AvgIpc) is 2.86. The molecule has 0 saturated heterocycles. The van der Waals surface area contributed by atoms with Gasteiger partial charge < -0.3 is 20.5 Å². The number of amides is 1. The van der Waals surface area contributed by atoms with Gasteiger partial charge in [0.2, 0.25) is 0 Å². The van der Waals surface area contributed by atoms with Crippen molar-refractivity contribution in [2.45, 2.75) is 5.41 Å². The van der Waals surface area contributed by atoms with Gasteiger partial charge in [-0.2, -0.15) is 0 Å². The van der Waals surface area contributed by atoms with Gasteiger partial charge >= 0.3 is 11.9 Å². The van der Waals surface area contributed by atoms with Crippen molar-refractivity contribution in [1.29, 1.82) is 0 Å². The van der Waals surface area contributed by atoms with Gasteiger partial charge in [0, 0.05) is 22.3 Å². The normalized spacial score (nSPS) is 15.0. The Kier molecular flexibility index (Phi) is 3.21. The summed E-state index contributed by atoms with van der Waals surface area (Å²) in [6, 6.07) is 8.44. The molecule has 0 radical (unpaired) electrons. The van der Waals surface area contributed by atoms with Gasteiger partial charge in [-0.15, -0.1) is 0 Å². The van der Waals surface area contributed by atoms with Crippen molar-refractivity contribution in [3.05, 3.63) is 35.9 Å². The van der Waals surface area contributed by atoms with Crippen LogP contribution in [-0.2, 0) is 29.3 Å². The second kappa shape index (κ2) is 4.98. The number of nitrogen functional groups attached to an aromatic ring is 1. The van der Waals surface area contributed by atoms with Crippen LogP contribution in [0.25, 0.3) is 10.8 Å². The number of carbonyl (C=O) groups excluding carboxylic acids is 3. The average molecular weight is 314 g/mol. The third-order valence-electron chi connectivity index (χ3n) is 4.02. The molecule has 1 heterocycles. The minimum absolute atomic E-state index is 0.200. The van der Waals surface area contributed by atoms with Crippen LogP contribution in [0.15, 0.2) is 30.3 Å². The molecule has 23 heavy (non-hydrogen) atoms. The second-order valence-electron chi connectivity index (χ2n) is 5.12. The van der Waals surface area contributed by atoms with E-state index in [1.165, 1.54) is 6.07 Å². The maximum absolute atomic E-state index is 12.6. The van der Waals surface area contributed by atoms with Crippen molar-refractivity contribution < 1.29 is 23.9 Å². The Balaban J connectivity index is 2.48. The molecule has 0 unspecified atom stereocenters. The zero-order valence-corrected chi connectivity index (χ0v) is 12.5. The standard InChI is InChI=1S/C16H14N2O5/c1-22-14(20)16(15(21)23-2)12-9-6-4-3-5-8(9)10(17)7-11(12)18-13(16)19/h3-7H,17H2,1-2H3,(H,18,19). The van der Waals surface area contributed by atoms with Crippen molar-refractivity contribution in [2.75, 3.05) is 25.3 Å². The largest absolute Gasteiger partial charge is 0.468 e. The number of hydrogen-bond acceptors (Lipinski definition) is 6.